The van der Waals surface area contributed by atoms with Crippen LogP contribution in [-0.4, -0.2) is 67.2 Å². The average Bonchev–Trinajstić information content (AvgIpc) is 2.46. The smallest absolute Gasteiger partial charge is 0.226 e. The molecule has 1 amide bonds. The van der Waals surface area contributed by atoms with Crippen LogP contribution < -0.4 is 0 Å². The maximum atomic E-state index is 12.7. The Bertz CT molecular complexity index is 426. The van der Waals surface area contributed by atoms with Gasteiger partial charge in [-0.25, -0.2) is 12.7 Å². The summed E-state index contributed by atoms with van der Waals surface area (Å²) in [5, 5.41) is 9.19. The van der Waals surface area contributed by atoms with Crippen molar-refractivity contribution in [2.24, 2.45) is 5.92 Å². The van der Waals surface area contributed by atoms with Gasteiger partial charge in [0, 0.05) is 31.6 Å². The first-order valence-corrected chi connectivity index (χ1v) is 9.56. The van der Waals surface area contributed by atoms with E-state index < -0.39 is 10.0 Å². The monoisotopic (exact) mass is 320 g/mol. The van der Waals surface area contributed by atoms with Crippen molar-refractivity contribution in [3.8, 4) is 0 Å². The molecule has 0 aliphatic carbocycles. The van der Waals surface area contributed by atoms with Crippen LogP contribution in [0.3, 0.4) is 0 Å². The van der Waals surface area contributed by atoms with Crippen molar-refractivity contribution in [2.45, 2.75) is 45.6 Å². The van der Waals surface area contributed by atoms with Crippen LogP contribution in [0.4, 0.5) is 0 Å². The zero-order valence-electron chi connectivity index (χ0n) is 13.3. The molecule has 0 radical (unpaired) electrons. The van der Waals surface area contributed by atoms with Crippen LogP contribution >= 0.6 is 0 Å². The molecule has 0 bridgehead atoms. The van der Waals surface area contributed by atoms with Crippen molar-refractivity contribution >= 4 is 15.9 Å². The fraction of sp³-hybridized carbons (Fsp3) is 0.929. The molecule has 0 aromatic carbocycles. The van der Waals surface area contributed by atoms with E-state index in [1.807, 2.05) is 13.8 Å². The number of carbonyl (C=O) groups excluding carboxylic acids is 1. The van der Waals surface area contributed by atoms with Crippen molar-refractivity contribution in [3.63, 3.8) is 0 Å². The maximum Gasteiger partial charge on any atom is 0.226 e. The Kier molecular flexibility index (Phi) is 7.09. The van der Waals surface area contributed by atoms with E-state index in [0.29, 0.717) is 32.5 Å². The SMILES string of the molecule is CCC(CC)N(CCO)C(=O)C1CCN(S(C)(=O)=O)CC1. The van der Waals surface area contributed by atoms with E-state index in [1.165, 1.54) is 10.6 Å². The molecule has 1 aliphatic heterocycles. The predicted octanol–water partition coefficient (Wildman–Crippen LogP) is 0.668. The minimum atomic E-state index is -3.16. The quantitative estimate of drug-likeness (QED) is 0.748. The second-order valence-electron chi connectivity index (χ2n) is 5.66. The summed E-state index contributed by atoms with van der Waals surface area (Å²) in [6.07, 6.45) is 4.06. The summed E-state index contributed by atoms with van der Waals surface area (Å²) >= 11 is 0. The van der Waals surface area contributed by atoms with E-state index in [0.717, 1.165) is 12.8 Å². The Labute approximate surface area is 128 Å². The summed E-state index contributed by atoms with van der Waals surface area (Å²) in [6.45, 7) is 5.22. The van der Waals surface area contributed by atoms with Gasteiger partial charge in [0.1, 0.15) is 0 Å². The first-order chi connectivity index (χ1) is 9.85. The Hall–Kier alpha value is -0.660. The minimum Gasteiger partial charge on any atom is -0.395 e. The van der Waals surface area contributed by atoms with Gasteiger partial charge in [-0.15, -0.1) is 0 Å². The molecule has 0 atom stereocenters. The summed E-state index contributed by atoms with van der Waals surface area (Å²) in [5.41, 5.74) is 0. The molecule has 21 heavy (non-hydrogen) atoms. The van der Waals surface area contributed by atoms with Crippen molar-refractivity contribution in [1.82, 2.24) is 9.21 Å². The molecule has 0 saturated carbocycles. The first kappa shape index (κ1) is 18.4. The average molecular weight is 320 g/mol. The lowest BCUT2D eigenvalue weighted by atomic mass is 9.95. The van der Waals surface area contributed by atoms with E-state index >= 15 is 0 Å². The van der Waals surface area contributed by atoms with Crippen LogP contribution in [0.1, 0.15) is 39.5 Å². The summed E-state index contributed by atoms with van der Waals surface area (Å²) in [6, 6.07) is 0.151. The van der Waals surface area contributed by atoms with Gasteiger partial charge in [-0.2, -0.15) is 0 Å². The molecule has 1 N–H and O–H groups in total. The molecule has 6 nitrogen and oxygen atoms in total. The topological polar surface area (TPSA) is 77.9 Å². The number of aliphatic hydroxyl groups excluding tert-OH is 1. The molecule has 1 fully saturated rings. The summed E-state index contributed by atoms with van der Waals surface area (Å²) < 4.78 is 24.4. The third-order valence-electron chi connectivity index (χ3n) is 4.28. The number of nitrogens with zero attached hydrogens (tertiary/aromatic N) is 2. The number of piperidine rings is 1. The number of amides is 1. The Morgan fingerprint density at radius 3 is 2.19 bits per heavy atom. The van der Waals surface area contributed by atoms with Crippen molar-refractivity contribution in [3.05, 3.63) is 0 Å². The largest absolute Gasteiger partial charge is 0.395 e. The van der Waals surface area contributed by atoms with Gasteiger partial charge in [0.05, 0.1) is 12.9 Å². The number of carbonyl (C=O) groups is 1. The first-order valence-electron chi connectivity index (χ1n) is 7.71. The molecule has 1 heterocycles. The molecule has 0 aromatic heterocycles. The molecule has 1 aliphatic rings. The highest BCUT2D eigenvalue weighted by atomic mass is 32.2. The lowest BCUT2D eigenvalue weighted by molar-refractivity contribution is -0.140. The molecule has 1 saturated heterocycles. The zero-order chi connectivity index (χ0) is 16.0. The summed E-state index contributed by atoms with van der Waals surface area (Å²) in [4.78, 5) is 14.4. The standard InChI is InChI=1S/C14H28N2O4S/c1-4-13(5-2)16(10-11-17)14(18)12-6-8-15(9-7-12)21(3,19)20/h12-13,17H,4-11H2,1-3H3. The molecule has 1 rings (SSSR count). The molecular weight excluding hydrogens is 292 g/mol. The van der Waals surface area contributed by atoms with E-state index in [4.69, 9.17) is 0 Å². The van der Waals surface area contributed by atoms with Crippen LogP contribution in [0.5, 0.6) is 0 Å². The van der Waals surface area contributed by atoms with Gasteiger partial charge < -0.3 is 10.0 Å². The predicted molar refractivity (Wildman–Crippen MR) is 82.3 cm³/mol. The van der Waals surface area contributed by atoms with Crippen LogP contribution in [0.2, 0.25) is 0 Å². The van der Waals surface area contributed by atoms with Gasteiger partial charge in [0.25, 0.3) is 0 Å². The van der Waals surface area contributed by atoms with Gasteiger partial charge in [-0.05, 0) is 25.7 Å². The highest BCUT2D eigenvalue weighted by Crippen LogP contribution is 2.23. The number of hydrogen-bond acceptors (Lipinski definition) is 4. The number of aliphatic hydroxyl groups is 1. The summed E-state index contributed by atoms with van der Waals surface area (Å²) in [7, 11) is -3.16. The van der Waals surface area contributed by atoms with Crippen LogP contribution in [0.15, 0.2) is 0 Å². The molecule has 0 spiro atoms. The molecule has 0 aromatic rings. The van der Waals surface area contributed by atoms with Crippen molar-refractivity contribution < 1.29 is 18.3 Å². The van der Waals surface area contributed by atoms with Crippen LogP contribution in [-0.2, 0) is 14.8 Å². The fourth-order valence-electron chi connectivity index (χ4n) is 2.98. The van der Waals surface area contributed by atoms with E-state index in [-0.39, 0.29) is 24.5 Å². The highest BCUT2D eigenvalue weighted by Gasteiger charge is 2.32. The second kappa shape index (κ2) is 8.10. The van der Waals surface area contributed by atoms with Crippen LogP contribution in [0, 0.1) is 5.92 Å². The molecule has 124 valence electrons. The van der Waals surface area contributed by atoms with Crippen molar-refractivity contribution in [2.75, 3.05) is 32.5 Å². The van der Waals surface area contributed by atoms with Crippen molar-refractivity contribution in [1.29, 1.82) is 0 Å². The van der Waals surface area contributed by atoms with E-state index in [1.54, 1.807) is 4.90 Å². The van der Waals surface area contributed by atoms with Gasteiger partial charge in [-0.3, -0.25) is 4.79 Å². The van der Waals surface area contributed by atoms with Gasteiger partial charge >= 0.3 is 0 Å². The van der Waals surface area contributed by atoms with Gasteiger partial charge in [0.2, 0.25) is 15.9 Å². The fourth-order valence-corrected chi connectivity index (χ4v) is 3.85. The maximum absolute atomic E-state index is 12.7. The Morgan fingerprint density at radius 1 is 1.29 bits per heavy atom. The van der Waals surface area contributed by atoms with Gasteiger partial charge in [0.15, 0.2) is 0 Å². The highest BCUT2D eigenvalue weighted by molar-refractivity contribution is 7.88. The van der Waals surface area contributed by atoms with Gasteiger partial charge in [-0.1, -0.05) is 13.8 Å². The molecule has 0 unspecified atom stereocenters. The molecule has 7 heteroatoms. The lowest BCUT2D eigenvalue weighted by Crippen LogP contribution is -2.48. The van der Waals surface area contributed by atoms with Crippen LogP contribution in [0.25, 0.3) is 0 Å². The second-order valence-corrected chi connectivity index (χ2v) is 7.64. The molecular formula is C14H28N2O4S. The Morgan fingerprint density at radius 2 is 1.81 bits per heavy atom. The Balaban J connectivity index is 2.69. The number of sulfonamides is 1. The third-order valence-corrected chi connectivity index (χ3v) is 5.58. The number of hydrogen-bond donors (Lipinski definition) is 1. The third kappa shape index (κ3) is 4.93. The zero-order valence-corrected chi connectivity index (χ0v) is 14.1. The van der Waals surface area contributed by atoms with E-state index in [9.17, 15) is 18.3 Å². The van der Waals surface area contributed by atoms with E-state index in [2.05, 4.69) is 0 Å². The summed E-state index contributed by atoms with van der Waals surface area (Å²) in [5.74, 6) is -0.0685. The number of rotatable bonds is 7. The normalized spacial score (nSPS) is 18.1. The minimum absolute atomic E-state index is 0.0373. The lowest BCUT2D eigenvalue weighted by Gasteiger charge is -2.36.